The zero-order chi connectivity index (χ0) is 14.7. The van der Waals surface area contributed by atoms with Crippen LogP contribution in [0.3, 0.4) is 0 Å². The summed E-state index contributed by atoms with van der Waals surface area (Å²) in [4.78, 5) is 22.6. The Balaban J connectivity index is 3.41. The lowest BCUT2D eigenvalue weighted by Gasteiger charge is -2.08. The minimum Gasteiger partial charge on any atom is -0.466 e. The molecule has 0 amide bonds. The Hall–Kier alpha value is -1.06. The first-order chi connectivity index (χ1) is 8.91. The molecule has 0 aromatic rings. The highest BCUT2D eigenvalue weighted by Crippen LogP contribution is 2.06. The van der Waals surface area contributed by atoms with Crippen molar-refractivity contribution in [3.05, 3.63) is 0 Å². The van der Waals surface area contributed by atoms with Gasteiger partial charge < -0.3 is 9.47 Å². The number of hydrogen-bond donors (Lipinski definition) is 0. The molecule has 0 N–H and O–H groups in total. The van der Waals surface area contributed by atoms with Gasteiger partial charge in [0.2, 0.25) is 0 Å². The van der Waals surface area contributed by atoms with Crippen molar-refractivity contribution >= 4 is 11.9 Å². The molecule has 0 radical (unpaired) electrons. The van der Waals surface area contributed by atoms with Crippen LogP contribution >= 0.6 is 0 Å². The van der Waals surface area contributed by atoms with Gasteiger partial charge in [-0.25, -0.2) is 0 Å². The Morgan fingerprint density at radius 3 is 2.00 bits per heavy atom. The van der Waals surface area contributed by atoms with Gasteiger partial charge in [0.05, 0.1) is 12.7 Å². The minimum absolute atomic E-state index is 0.0709. The van der Waals surface area contributed by atoms with Crippen molar-refractivity contribution < 1.29 is 19.1 Å². The first kappa shape index (κ1) is 17.9. The third-order valence-electron chi connectivity index (χ3n) is 2.57. The summed E-state index contributed by atoms with van der Waals surface area (Å²) in [6.45, 7) is 8.46. The van der Waals surface area contributed by atoms with E-state index in [2.05, 4.69) is 13.8 Å². The van der Waals surface area contributed by atoms with Crippen LogP contribution in [0.2, 0.25) is 0 Å². The molecule has 0 saturated carbocycles. The number of carbonyl (C=O) groups is 2. The summed E-state index contributed by atoms with van der Waals surface area (Å²) in [5.74, 6) is 0.284. The first-order valence-corrected chi connectivity index (χ1v) is 7.27. The highest BCUT2D eigenvalue weighted by Gasteiger charge is 2.07. The maximum absolute atomic E-state index is 11.4. The third kappa shape index (κ3) is 13.2. The molecule has 0 aliphatic heterocycles. The molecule has 0 aromatic heterocycles. The maximum Gasteiger partial charge on any atom is 0.306 e. The molecule has 0 aromatic carbocycles. The quantitative estimate of drug-likeness (QED) is 0.451. The van der Waals surface area contributed by atoms with Gasteiger partial charge in [-0.1, -0.05) is 13.8 Å². The van der Waals surface area contributed by atoms with Crippen LogP contribution in [-0.2, 0) is 19.1 Å². The Kier molecular flexibility index (Phi) is 10.2. The lowest BCUT2D eigenvalue weighted by Crippen LogP contribution is -2.11. The summed E-state index contributed by atoms with van der Waals surface area (Å²) in [6.07, 6.45) is 4.04. The van der Waals surface area contributed by atoms with Crippen molar-refractivity contribution in [3.8, 4) is 0 Å². The fourth-order valence-electron chi connectivity index (χ4n) is 1.61. The molecule has 0 unspecified atom stereocenters. The van der Waals surface area contributed by atoms with E-state index in [1.54, 1.807) is 0 Å². The third-order valence-corrected chi connectivity index (χ3v) is 2.57. The van der Waals surface area contributed by atoms with Crippen molar-refractivity contribution in [2.24, 2.45) is 5.92 Å². The summed E-state index contributed by atoms with van der Waals surface area (Å²) in [7, 11) is 0. The van der Waals surface area contributed by atoms with Crippen molar-refractivity contribution in [1.29, 1.82) is 0 Å². The average Bonchev–Trinajstić information content (AvgIpc) is 2.29. The second kappa shape index (κ2) is 10.8. The molecule has 0 rings (SSSR count). The molecular formula is C15H28O4. The van der Waals surface area contributed by atoms with Crippen LogP contribution in [0.1, 0.15) is 66.2 Å². The fraction of sp³-hybridized carbons (Fsp3) is 0.867. The average molecular weight is 272 g/mol. The molecule has 0 heterocycles. The van der Waals surface area contributed by atoms with Crippen molar-refractivity contribution in [2.45, 2.75) is 72.3 Å². The molecule has 19 heavy (non-hydrogen) atoms. The van der Waals surface area contributed by atoms with Crippen LogP contribution in [-0.4, -0.2) is 24.6 Å². The van der Waals surface area contributed by atoms with Gasteiger partial charge in [-0.3, -0.25) is 9.59 Å². The summed E-state index contributed by atoms with van der Waals surface area (Å²) in [6, 6.07) is 0. The molecule has 0 saturated heterocycles. The molecule has 0 bridgehead atoms. The lowest BCUT2D eigenvalue weighted by molar-refractivity contribution is -0.148. The Bertz CT molecular complexity index is 259. The van der Waals surface area contributed by atoms with E-state index >= 15 is 0 Å². The standard InChI is InChI=1S/C15H28O4/c1-12(2)8-7-11-18-14(16)9-5-6-10-15(17)19-13(3)4/h12-13H,5-11H2,1-4H3. The van der Waals surface area contributed by atoms with E-state index in [1.807, 2.05) is 13.8 Å². The number of carbonyl (C=O) groups excluding carboxylic acids is 2. The van der Waals surface area contributed by atoms with Gasteiger partial charge in [0.15, 0.2) is 0 Å². The summed E-state index contributed by atoms with van der Waals surface area (Å²) in [5, 5.41) is 0. The maximum atomic E-state index is 11.4. The van der Waals surface area contributed by atoms with E-state index in [1.165, 1.54) is 0 Å². The predicted octanol–water partition coefficient (Wildman–Crippen LogP) is 3.48. The molecule has 0 spiro atoms. The highest BCUT2D eigenvalue weighted by atomic mass is 16.5. The molecule has 4 heteroatoms. The van der Waals surface area contributed by atoms with Gasteiger partial charge in [-0.2, -0.15) is 0 Å². The number of unbranched alkanes of at least 4 members (excludes halogenated alkanes) is 1. The molecule has 0 aliphatic rings. The van der Waals surface area contributed by atoms with Gasteiger partial charge in [0, 0.05) is 12.8 Å². The highest BCUT2D eigenvalue weighted by molar-refractivity contribution is 5.70. The predicted molar refractivity (Wildman–Crippen MR) is 74.7 cm³/mol. The smallest absolute Gasteiger partial charge is 0.306 e. The Morgan fingerprint density at radius 2 is 1.47 bits per heavy atom. The van der Waals surface area contributed by atoms with Crippen LogP contribution in [0.25, 0.3) is 0 Å². The second-order valence-electron chi connectivity index (χ2n) is 5.50. The lowest BCUT2D eigenvalue weighted by atomic mass is 10.1. The monoisotopic (exact) mass is 272 g/mol. The molecule has 112 valence electrons. The largest absolute Gasteiger partial charge is 0.466 e. The van der Waals surface area contributed by atoms with Crippen LogP contribution in [0.5, 0.6) is 0 Å². The number of hydrogen-bond acceptors (Lipinski definition) is 4. The van der Waals surface area contributed by atoms with Crippen LogP contribution < -0.4 is 0 Å². The molecule has 4 nitrogen and oxygen atoms in total. The van der Waals surface area contributed by atoms with Crippen molar-refractivity contribution in [2.75, 3.05) is 6.61 Å². The molecule has 0 fully saturated rings. The second-order valence-corrected chi connectivity index (χ2v) is 5.50. The summed E-state index contributed by atoms with van der Waals surface area (Å²) < 4.78 is 10.1. The van der Waals surface area contributed by atoms with Gasteiger partial charge in [-0.15, -0.1) is 0 Å². The van der Waals surface area contributed by atoms with Gasteiger partial charge >= 0.3 is 11.9 Å². The fourth-order valence-corrected chi connectivity index (χ4v) is 1.61. The first-order valence-electron chi connectivity index (χ1n) is 7.27. The van der Waals surface area contributed by atoms with E-state index < -0.39 is 0 Å². The SMILES string of the molecule is CC(C)CCCOC(=O)CCCCC(=O)OC(C)C. The topological polar surface area (TPSA) is 52.6 Å². The van der Waals surface area contributed by atoms with E-state index in [4.69, 9.17) is 9.47 Å². The zero-order valence-electron chi connectivity index (χ0n) is 12.7. The van der Waals surface area contributed by atoms with Gasteiger partial charge in [0.25, 0.3) is 0 Å². The molecule has 0 atom stereocenters. The number of esters is 2. The molecular weight excluding hydrogens is 244 g/mol. The van der Waals surface area contributed by atoms with Crippen molar-refractivity contribution in [1.82, 2.24) is 0 Å². The summed E-state index contributed by atoms with van der Waals surface area (Å²) >= 11 is 0. The van der Waals surface area contributed by atoms with E-state index in [0.717, 1.165) is 12.8 Å². The van der Waals surface area contributed by atoms with Crippen LogP contribution in [0.4, 0.5) is 0 Å². The number of rotatable bonds is 10. The zero-order valence-corrected chi connectivity index (χ0v) is 12.7. The van der Waals surface area contributed by atoms with E-state index in [9.17, 15) is 9.59 Å². The summed E-state index contributed by atoms with van der Waals surface area (Å²) in [5.41, 5.74) is 0. The van der Waals surface area contributed by atoms with Crippen molar-refractivity contribution in [3.63, 3.8) is 0 Å². The molecule has 0 aliphatic carbocycles. The van der Waals surface area contributed by atoms with Gasteiger partial charge in [-0.05, 0) is 45.4 Å². The normalized spacial score (nSPS) is 10.8. The van der Waals surface area contributed by atoms with Gasteiger partial charge in [0.1, 0.15) is 0 Å². The van der Waals surface area contributed by atoms with Crippen LogP contribution in [0, 0.1) is 5.92 Å². The van der Waals surface area contributed by atoms with E-state index in [0.29, 0.717) is 38.2 Å². The Labute approximate surface area is 116 Å². The Morgan fingerprint density at radius 1 is 0.895 bits per heavy atom. The van der Waals surface area contributed by atoms with Crippen LogP contribution in [0.15, 0.2) is 0 Å². The number of ether oxygens (including phenoxy) is 2. The van der Waals surface area contributed by atoms with E-state index in [-0.39, 0.29) is 18.0 Å². The minimum atomic E-state index is -0.194.